The van der Waals surface area contributed by atoms with E-state index in [0.717, 1.165) is 31.7 Å². The minimum atomic E-state index is -0.483. The Kier molecular flexibility index (Phi) is 3.41. The van der Waals surface area contributed by atoms with Crippen molar-refractivity contribution in [2.24, 2.45) is 5.73 Å². The van der Waals surface area contributed by atoms with Crippen LogP contribution in [0.1, 0.15) is 12.8 Å². The molecule has 1 saturated heterocycles. The first-order valence-electron chi connectivity index (χ1n) is 5.57. The summed E-state index contributed by atoms with van der Waals surface area (Å²) in [4.78, 5) is 16.8. The first kappa shape index (κ1) is 11.6. The molecule has 92 valence electrons. The van der Waals surface area contributed by atoms with Gasteiger partial charge < -0.3 is 16.0 Å². The maximum Gasteiger partial charge on any atom is 0.312 e. The molecule has 2 rings (SSSR count). The maximum atomic E-state index is 12.7. The van der Waals surface area contributed by atoms with Gasteiger partial charge in [0, 0.05) is 19.1 Å². The lowest BCUT2D eigenvalue weighted by molar-refractivity contribution is 0.242. The highest BCUT2D eigenvalue weighted by molar-refractivity contribution is 5.72. The van der Waals surface area contributed by atoms with E-state index in [1.807, 2.05) is 0 Å². The molecule has 0 saturated carbocycles. The number of hydrogen-bond donors (Lipinski definition) is 2. The van der Waals surface area contributed by atoms with Gasteiger partial charge in [-0.2, -0.15) is 0 Å². The van der Waals surface area contributed by atoms with Gasteiger partial charge >= 0.3 is 6.03 Å². The quantitative estimate of drug-likeness (QED) is 0.802. The zero-order valence-electron chi connectivity index (χ0n) is 9.40. The summed E-state index contributed by atoms with van der Waals surface area (Å²) in [6.45, 7) is 1.56. The average Bonchev–Trinajstić information content (AvgIpc) is 2.30. The number of hydrogen-bond acceptors (Lipinski definition) is 3. The molecule has 0 radical (unpaired) electrons. The van der Waals surface area contributed by atoms with Crippen molar-refractivity contribution in [2.45, 2.75) is 18.9 Å². The summed E-state index contributed by atoms with van der Waals surface area (Å²) in [5, 5.41) is 2.69. The third-order valence-electron chi connectivity index (χ3n) is 2.88. The molecule has 0 aliphatic carbocycles. The molecule has 0 atom stereocenters. The lowest BCUT2D eigenvalue weighted by Crippen LogP contribution is -2.46. The van der Waals surface area contributed by atoms with Crippen LogP contribution in [0.5, 0.6) is 0 Å². The molecule has 1 aromatic heterocycles. The van der Waals surface area contributed by atoms with E-state index in [4.69, 9.17) is 5.73 Å². The zero-order chi connectivity index (χ0) is 12.3. The van der Waals surface area contributed by atoms with Gasteiger partial charge in [0.2, 0.25) is 0 Å². The summed E-state index contributed by atoms with van der Waals surface area (Å²) < 4.78 is 12.7. The number of piperidine rings is 1. The average molecular weight is 238 g/mol. The number of urea groups is 1. The lowest BCUT2D eigenvalue weighted by atomic mass is 10.1. The van der Waals surface area contributed by atoms with E-state index in [2.05, 4.69) is 15.2 Å². The van der Waals surface area contributed by atoms with Gasteiger partial charge in [-0.1, -0.05) is 0 Å². The molecule has 2 amide bonds. The topological polar surface area (TPSA) is 71.2 Å². The lowest BCUT2D eigenvalue weighted by Gasteiger charge is -2.32. The number of carbonyl (C=O) groups excluding carboxylic acids is 1. The second-order valence-electron chi connectivity index (χ2n) is 4.10. The van der Waals surface area contributed by atoms with Crippen LogP contribution >= 0.6 is 0 Å². The molecule has 1 fully saturated rings. The molecule has 6 heteroatoms. The highest BCUT2D eigenvalue weighted by Crippen LogP contribution is 2.17. The summed E-state index contributed by atoms with van der Waals surface area (Å²) in [5.41, 5.74) is 5.07. The Hall–Kier alpha value is -1.85. The van der Waals surface area contributed by atoms with Gasteiger partial charge in [0.15, 0.2) is 0 Å². The van der Waals surface area contributed by atoms with Gasteiger partial charge in [-0.25, -0.2) is 14.2 Å². The van der Waals surface area contributed by atoms with Crippen molar-refractivity contribution in [1.82, 2.24) is 10.3 Å². The molecular weight excluding hydrogens is 223 g/mol. The number of primary amides is 1. The molecule has 0 aromatic carbocycles. The molecule has 1 aliphatic rings. The number of carbonyl (C=O) groups is 1. The molecular formula is C11H15FN4O. The van der Waals surface area contributed by atoms with Crippen LogP contribution in [0.3, 0.4) is 0 Å². The summed E-state index contributed by atoms with van der Waals surface area (Å²) in [6.07, 6.45) is 2.85. The third-order valence-corrected chi connectivity index (χ3v) is 2.88. The molecule has 5 nitrogen and oxygen atoms in total. The fourth-order valence-electron chi connectivity index (χ4n) is 2.01. The normalized spacial score (nSPS) is 16.9. The number of nitrogens with zero attached hydrogens (tertiary/aromatic N) is 2. The van der Waals surface area contributed by atoms with Gasteiger partial charge in [0.1, 0.15) is 11.6 Å². The van der Waals surface area contributed by atoms with Crippen molar-refractivity contribution in [3.63, 3.8) is 0 Å². The van der Waals surface area contributed by atoms with E-state index < -0.39 is 6.03 Å². The molecule has 1 aromatic rings. The fraction of sp³-hybridized carbons (Fsp3) is 0.455. The Morgan fingerprint density at radius 2 is 2.18 bits per heavy atom. The van der Waals surface area contributed by atoms with Gasteiger partial charge in [0.25, 0.3) is 0 Å². The van der Waals surface area contributed by atoms with Crippen molar-refractivity contribution in [1.29, 1.82) is 0 Å². The van der Waals surface area contributed by atoms with E-state index >= 15 is 0 Å². The first-order valence-corrected chi connectivity index (χ1v) is 5.57. The van der Waals surface area contributed by atoms with Gasteiger partial charge in [0.05, 0.1) is 6.20 Å². The van der Waals surface area contributed by atoms with Crippen LogP contribution in [0.15, 0.2) is 18.3 Å². The van der Waals surface area contributed by atoms with E-state index in [1.165, 1.54) is 12.3 Å². The van der Waals surface area contributed by atoms with Crippen LogP contribution in [-0.2, 0) is 0 Å². The smallest absolute Gasteiger partial charge is 0.312 e. The van der Waals surface area contributed by atoms with E-state index in [1.54, 1.807) is 6.07 Å². The molecule has 0 bridgehead atoms. The Labute approximate surface area is 98.8 Å². The highest BCUT2D eigenvalue weighted by Gasteiger charge is 2.20. The Morgan fingerprint density at radius 3 is 2.71 bits per heavy atom. The maximum absolute atomic E-state index is 12.7. The summed E-state index contributed by atoms with van der Waals surface area (Å²) >= 11 is 0. The number of nitrogens with two attached hydrogens (primary N) is 1. The zero-order valence-corrected chi connectivity index (χ0v) is 9.40. The number of aromatic nitrogens is 1. The highest BCUT2D eigenvalue weighted by atomic mass is 19.1. The SMILES string of the molecule is NC(=O)NC1CCN(c2ccc(F)cn2)CC1. The van der Waals surface area contributed by atoms with Gasteiger partial charge in [-0.3, -0.25) is 0 Å². The molecule has 2 heterocycles. The number of pyridine rings is 1. The predicted octanol–water partition coefficient (Wildman–Crippen LogP) is 0.858. The Bertz CT molecular complexity index is 387. The molecule has 3 N–H and O–H groups in total. The van der Waals surface area contributed by atoms with Gasteiger partial charge in [-0.15, -0.1) is 0 Å². The Balaban J connectivity index is 1.90. The first-order chi connectivity index (χ1) is 8.15. The monoisotopic (exact) mass is 238 g/mol. The van der Waals surface area contributed by atoms with Crippen LogP contribution in [0.2, 0.25) is 0 Å². The third kappa shape index (κ3) is 3.05. The van der Waals surface area contributed by atoms with Crippen LogP contribution in [0, 0.1) is 5.82 Å². The predicted molar refractivity (Wildman–Crippen MR) is 62.1 cm³/mol. The van der Waals surface area contributed by atoms with E-state index in [9.17, 15) is 9.18 Å². The second-order valence-corrected chi connectivity index (χ2v) is 4.10. The van der Waals surface area contributed by atoms with Crippen LogP contribution < -0.4 is 16.0 Å². The largest absolute Gasteiger partial charge is 0.356 e. The molecule has 1 aliphatic heterocycles. The second kappa shape index (κ2) is 4.99. The fourth-order valence-corrected chi connectivity index (χ4v) is 2.01. The number of halogens is 1. The molecule has 0 spiro atoms. The molecule has 0 unspecified atom stereocenters. The van der Waals surface area contributed by atoms with Crippen molar-refractivity contribution in [2.75, 3.05) is 18.0 Å². The Morgan fingerprint density at radius 1 is 1.47 bits per heavy atom. The standard InChI is InChI=1S/C11H15FN4O/c12-8-1-2-10(14-7-8)16-5-3-9(4-6-16)15-11(13)17/h1-2,7,9H,3-6H2,(H3,13,15,17). The van der Waals surface area contributed by atoms with Crippen LogP contribution in [0.25, 0.3) is 0 Å². The van der Waals surface area contributed by atoms with Gasteiger partial charge in [-0.05, 0) is 25.0 Å². The summed E-state index contributed by atoms with van der Waals surface area (Å²) in [5.74, 6) is 0.433. The molecule has 17 heavy (non-hydrogen) atoms. The van der Waals surface area contributed by atoms with Crippen molar-refractivity contribution in [3.05, 3.63) is 24.1 Å². The minimum Gasteiger partial charge on any atom is -0.356 e. The number of amides is 2. The number of anilines is 1. The number of rotatable bonds is 2. The van der Waals surface area contributed by atoms with E-state index in [-0.39, 0.29) is 11.9 Å². The van der Waals surface area contributed by atoms with Crippen molar-refractivity contribution >= 4 is 11.8 Å². The van der Waals surface area contributed by atoms with Crippen LogP contribution in [0.4, 0.5) is 15.0 Å². The summed E-state index contributed by atoms with van der Waals surface area (Å²) in [6, 6.07) is 2.71. The van der Waals surface area contributed by atoms with Crippen molar-refractivity contribution < 1.29 is 9.18 Å². The summed E-state index contributed by atoms with van der Waals surface area (Å²) in [7, 11) is 0. The number of nitrogens with one attached hydrogen (secondary N) is 1. The van der Waals surface area contributed by atoms with Crippen LogP contribution in [-0.4, -0.2) is 30.1 Å². The van der Waals surface area contributed by atoms with Crippen molar-refractivity contribution in [3.8, 4) is 0 Å². The minimum absolute atomic E-state index is 0.129. The van der Waals surface area contributed by atoms with E-state index in [0.29, 0.717) is 0 Å².